The van der Waals surface area contributed by atoms with Gasteiger partial charge in [-0.05, 0) is 12.5 Å². The average Bonchev–Trinajstić information content (AvgIpc) is 2.87. The molecule has 0 spiro atoms. The van der Waals surface area contributed by atoms with E-state index >= 15 is 0 Å². The molecular weight excluding hydrogens is 228 g/mol. The Kier molecular flexibility index (Phi) is 4.06. The van der Waals surface area contributed by atoms with Crippen molar-refractivity contribution in [3.63, 3.8) is 0 Å². The van der Waals surface area contributed by atoms with E-state index in [1.807, 2.05) is 25.1 Å². The molecule has 5 heteroatoms. The van der Waals surface area contributed by atoms with E-state index in [1.165, 1.54) is 11.9 Å². The Morgan fingerprint density at radius 1 is 1.44 bits per heavy atom. The van der Waals surface area contributed by atoms with Crippen LogP contribution in [0.2, 0.25) is 0 Å². The van der Waals surface area contributed by atoms with Crippen LogP contribution in [0.1, 0.15) is 17.5 Å². The summed E-state index contributed by atoms with van der Waals surface area (Å²) >= 11 is 0. The summed E-state index contributed by atoms with van der Waals surface area (Å²) < 4.78 is 1.65. The molecule has 0 radical (unpaired) electrons. The number of carbonyl (C=O) groups is 1. The van der Waals surface area contributed by atoms with Gasteiger partial charge < -0.3 is 5.32 Å². The Balaban J connectivity index is 1.75. The minimum absolute atomic E-state index is 0.0204. The predicted octanol–water partition coefficient (Wildman–Crippen LogP) is 1.29. The quantitative estimate of drug-likeness (QED) is 0.862. The normalized spacial score (nSPS) is 10.3. The molecule has 0 aliphatic heterocycles. The molecule has 0 atom stereocenters. The Hall–Kier alpha value is -2.17. The number of hydrogen-bond donors (Lipinski definition) is 1. The van der Waals surface area contributed by atoms with Crippen molar-refractivity contribution in [3.05, 3.63) is 48.0 Å². The van der Waals surface area contributed by atoms with Crippen LogP contribution in [0.5, 0.6) is 0 Å². The topological polar surface area (TPSA) is 59.8 Å². The number of carbonyl (C=O) groups excluding carboxylic acids is 1. The van der Waals surface area contributed by atoms with Crippen LogP contribution in [0.4, 0.5) is 0 Å². The number of aromatic nitrogens is 3. The first kappa shape index (κ1) is 12.3. The van der Waals surface area contributed by atoms with Crippen LogP contribution in [0.15, 0.2) is 36.9 Å². The van der Waals surface area contributed by atoms with Crippen molar-refractivity contribution in [3.8, 4) is 0 Å². The zero-order valence-electron chi connectivity index (χ0n) is 10.3. The van der Waals surface area contributed by atoms with Gasteiger partial charge in [-0.2, -0.15) is 5.10 Å². The molecule has 94 valence electrons. The van der Waals surface area contributed by atoms with Crippen molar-refractivity contribution in [1.82, 2.24) is 20.1 Å². The summed E-state index contributed by atoms with van der Waals surface area (Å²) in [5.41, 5.74) is 2.31. The summed E-state index contributed by atoms with van der Waals surface area (Å²) in [6.45, 7) is 3.16. The molecule has 1 heterocycles. The summed E-state index contributed by atoms with van der Waals surface area (Å²) in [7, 11) is 0. The van der Waals surface area contributed by atoms with E-state index in [9.17, 15) is 4.79 Å². The van der Waals surface area contributed by atoms with E-state index in [1.54, 1.807) is 11.0 Å². The Morgan fingerprint density at radius 2 is 2.33 bits per heavy atom. The number of amides is 1. The number of nitrogens with zero attached hydrogens (tertiary/aromatic N) is 3. The zero-order chi connectivity index (χ0) is 12.8. The number of hydrogen-bond acceptors (Lipinski definition) is 3. The molecule has 1 amide bonds. The summed E-state index contributed by atoms with van der Waals surface area (Å²) in [6, 6.07) is 8.10. The van der Waals surface area contributed by atoms with Crippen LogP contribution in [-0.4, -0.2) is 20.7 Å². The summed E-state index contributed by atoms with van der Waals surface area (Å²) in [6.07, 6.45) is 3.48. The molecule has 0 saturated carbocycles. The highest BCUT2D eigenvalue weighted by atomic mass is 16.1. The van der Waals surface area contributed by atoms with Gasteiger partial charge in [0, 0.05) is 13.0 Å². The maximum Gasteiger partial charge on any atom is 0.222 e. The van der Waals surface area contributed by atoms with Crippen molar-refractivity contribution in [2.75, 3.05) is 0 Å². The molecule has 5 nitrogen and oxygen atoms in total. The molecule has 0 unspecified atom stereocenters. The second kappa shape index (κ2) is 5.95. The lowest BCUT2D eigenvalue weighted by atomic mass is 10.1. The molecule has 1 N–H and O–H groups in total. The molecule has 0 saturated heterocycles. The monoisotopic (exact) mass is 244 g/mol. The van der Waals surface area contributed by atoms with Crippen molar-refractivity contribution >= 4 is 5.91 Å². The minimum Gasteiger partial charge on any atom is -0.352 e. The Bertz CT molecular complexity index is 507. The van der Waals surface area contributed by atoms with Gasteiger partial charge in [-0.25, -0.2) is 4.98 Å². The molecular formula is C13H16N4O. The number of aryl methyl sites for hydroxylation is 2. The van der Waals surface area contributed by atoms with Crippen LogP contribution < -0.4 is 5.32 Å². The highest BCUT2D eigenvalue weighted by Gasteiger charge is 2.02. The Labute approximate surface area is 106 Å². The van der Waals surface area contributed by atoms with Gasteiger partial charge in [0.15, 0.2) is 0 Å². The van der Waals surface area contributed by atoms with Crippen molar-refractivity contribution in [2.45, 2.75) is 26.4 Å². The van der Waals surface area contributed by atoms with Gasteiger partial charge >= 0.3 is 0 Å². The molecule has 0 fully saturated rings. The first-order valence-corrected chi connectivity index (χ1v) is 5.89. The molecule has 2 aromatic rings. The average molecular weight is 244 g/mol. The second-order valence-electron chi connectivity index (χ2n) is 4.17. The van der Waals surface area contributed by atoms with E-state index in [-0.39, 0.29) is 5.91 Å². The van der Waals surface area contributed by atoms with E-state index in [4.69, 9.17) is 0 Å². The summed E-state index contributed by atoms with van der Waals surface area (Å²) in [4.78, 5) is 15.4. The third kappa shape index (κ3) is 3.69. The number of nitrogens with one attached hydrogen (secondary N) is 1. The van der Waals surface area contributed by atoms with Gasteiger partial charge in [0.25, 0.3) is 0 Å². The largest absolute Gasteiger partial charge is 0.352 e. The van der Waals surface area contributed by atoms with Gasteiger partial charge in [0.2, 0.25) is 5.91 Å². The van der Waals surface area contributed by atoms with Gasteiger partial charge in [0.05, 0.1) is 6.54 Å². The summed E-state index contributed by atoms with van der Waals surface area (Å²) in [5.74, 6) is 0.0204. The highest BCUT2D eigenvalue weighted by molar-refractivity contribution is 5.75. The number of benzene rings is 1. The molecule has 1 aromatic heterocycles. The smallest absolute Gasteiger partial charge is 0.222 e. The SMILES string of the molecule is Cc1cccc(CNC(=O)CCn2cncn2)c1. The van der Waals surface area contributed by atoms with Gasteiger partial charge in [0.1, 0.15) is 12.7 Å². The lowest BCUT2D eigenvalue weighted by molar-refractivity contribution is -0.121. The van der Waals surface area contributed by atoms with Gasteiger partial charge in [-0.3, -0.25) is 9.48 Å². The van der Waals surface area contributed by atoms with E-state index in [2.05, 4.69) is 21.5 Å². The third-order valence-corrected chi connectivity index (χ3v) is 2.61. The van der Waals surface area contributed by atoms with Crippen molar-refractivity contribution in [2.24, 2.45) is 0 Å². The highest BCUT2D eigenvalue weighted by Crippen LogP contribution is 2.03. The van der Waals surface area contributed by atoms with Crippen molar-refractivity contribution < 1.29 is 4.79 Å². The standard InChI is InChI=1S/C13H16N4O/c1-11-3-2-4-12(7-11)8-15-13(18)5-6-17-10-14-9-16-17/h2-4,7,9-10H,5-6,8H2,1H3,(H,15,18). The van der Waals surface area contributed by atoms with Gasteiger partial charge in [-0.1, -0.05) is 29.8 Å². The van der Waals surface area contributed by atoms with Crippen LogP contribution in [0.25, 0.3) is 0 Å². The first-order valence-electron chi connectivity index (χ1n) is 5.89. The maximum atomic E-state index is 11.6. The van der Waals surface area contributed by atoms with Crippen LogP contribution in [-0.2, 0) is 17.9 Å². The fourth-order valence-electron chi connectivity index (χ4n) is 1.68. The van der Waals surface area contributed by atoms with Gasteiger partial charge in [-0.15, -0.1) is 0 Å². The fourth-order valence-corrected chi connectivity index (χ4v) is 1.68. The maximum absolute atomic E-state index is 11.6. The van der Waals surface area contributed by atoms with Crippen molar-refractivity contribution in [1.29, 1.82) is 0 Å². The lowest BCUT2D eigenvalue weighted by Crippen LogP contribution is -2.24. The second-order valence-corrected chi connectivity index (χ2v) is 4.17. The summed E-state index contributed by atoms with van der Waals surface area (Å²) in [5, 5.41) is 6.83. The van der Waals surface area contributed by atoms with Crippen LogP contribution >= 0.6 is 0 Å². The van der Waals surface area contributed by atoms with Crippen LogP contribution in [0.3, 0.4) is 0 Å². The molecule has 0 aliphatic rings. The number of rotatable bonds is 5. The molecule has 18 heavy (non-hydrogen) atoms. The van der Waals surface area contributed by atoms with Crippen LogP contribution in [0, 0.1) is 6.92 Å². The predicted molar refractivity (Wildman–Crippen MR) is 67.7 cm³/mol. The van der Waals surface area contributed by atoms with E-state index in [0.29, 0.717) is 19.5 Å². The van der Waals surface area contributed by atoms with E-state index in [0.717, 1.165) is 5.56 Å². The third-order valence-electron chi connectivity index (χ3n) is 2.61. The Morgan fingerprint density at radius 3 is 3.06 bits per heavy atom. The molecule has 0 aliphatic carbocycles. The molecule has 0 bridgehead atoms. The zero-order valence-corrected chi connectivity index (χ0v) is 10.3. The fraction of sp³-hybridized carbons (Fsp3) is 0.308. The minimum atomic E-state index is 0.0204. The van der Waals surface area contributed by atoms with E-state index < -0.39 is 0 Å². The molecule has 2 rings (SSSR count). The lowest BCUT2D eigenvalue weighted by Gasteiger charge is -2.06. The first-order chi connectivity index (χ1) is 8.74. The molecule has 1 aromatic carbocycles.